The van der Waals surface area contributed by atoms with E-state index in [1.807, 2.05) is 0 Å². The molecule has 14 heavy (non-hydrogen) atoms. The van der Waals surface area contributed by atoms with Crippen molar-refractivity contribution in [2.45, 2.75) is 26.8 Å². The van der Waals surface area contributed by atoms with E-state index < -0.39 is 0 Å². The van der Waals surface area contributed by atoms with Crippen LogP contribution in [0.4, 0.5) is 0 Å². The van der Waals surface area contributed by atoms with Crippen LogP contribution >= 0.6 is 0 Å². The lowest BCUT2D eigenvalue weighted by molar-refractivity contribution is 0.235. The Balaban J connectivity index is 2.02. The summed E-state index contributed by atoms with van der Waals surface area (Å²) in [7, 11) is 0. The molecule has 3 heteroatoms. The van der Waals surface area contributed by atoms with Crippen LogP contribution in [-0.4, -0.2) is 50.2 Å². The third kappa shape index (κ3) is 4.40. The molecule has 0 amide bonds. The molecule has 3 nitrogen and oxygen atoms in total. The van der Waals surface area contributed by atoms with Crippen molar-refractivity contribution in [2.75, 3.05) is 39.3 Å². The van der Waals surface area contributed by atoms with Crippen LogP contribution in [0.1, 0.15) is 20.8 Å². The number of hydrogen-bond donors (Lipinski definition) is 2. The normalized spacial score (nSPS) is 21.4. The summed E-state index contributed by atoms with van der Waals surface area (Å²) in [6.07, 6.45) is 0. The second kappa shape index (κ2) is 6.38. The molecule has 0 aromatic carbocycles. The van der Waals surface area contributed by atoms with Gasteiger partial charge in [-0.05, 0) is 12.8 Å². The third-order valence-corrected chi connectivity index (χ3v) is 3.10. The van der Waals surface area contributed by atoms with Gasteiger partial charge in [-0.25, -0.2) is 0 Å². The van der Waals surface area contributed by atoms with Crippen molar-refractivity contribution in [3.05, 3.63) is 0 Å². The minimum atomic E-state index is 0.637. The average Bonchev–Trinajstić information content (AvgIpc) is 2.19. The van der Waals surface area contributed by atoms with Crippen LogP contribution < -0.4 is 10.6 Å². The monoisotopic (exact) mass is 199 g/mol. The molecule has 1 aliphatic rings. The van der Waals surface area contributed by atoms with Gasteiger partial charge in [0.25, 0.3) is 0 Å². The molecule has 0 saturated carbocycles. The Hall–Kier alpha value is -0.120. The summed E-state index contributed by atoms with van der Waals surface area (Å²) in [6, 6.07) is 0.637. The van der Waals surface area contributed by atoms with Gasteiger partial charge in [0.05, 0.1) is 0 Å². The Morgan fingerprint density at radius 2 is 1.86 bits per heavy atom. The number of nitrogens with one attached hydrogen (secondary N) is 2. The zero-order valence-corrected chi connectivity index (χ0v) is 9.84. The first-order valence-corrected chi connectivity index (χ1v) is 5.86. The fraction of sp³-hybridized carbons (Fsp3) is 1.00. The lowest BCUT2D eigenvalue weighted by atomic mass is 10.1. The second-order valence-corrected chi connectivity index (χ2v) is 4.58. The van der Waals surface area contributed by atoms with Gasteiger partial charge in [-0.2, -0.15) is 0 Å². The van der Waals surface area contributed by atoms with Crippen molar-refractivity contribution >= 4 is 0 Å². The molecular formula is C11H25N3. The lowest BCUT2D eigenvalue weighted by Crippen LogP contribution is -2.46. The van der Waals surface area contributed by atoms with Crippen LogP contribution in [0, 0.1) is 5.92 Å². The zero-order valence-electron chi connectivity index (χ0n) is 9.84. The molecule has 1 aliphatic heterocycles. The fourth-order valence-corrected chi connectivity index (χ4v) is 1.62. The predicted molar refractivity (Wildman–Crippen MR) is 61.6 cm³/mol. The molecule has 1 fully saturated rings. The van der Waals surface area contributed by atoms with Crippen LogP contribution in [0.3, 0.4) is 0 Å². The summed E-state index contributed by atoms with van der Waals surface area (Å²) in [6.45, 7) is 13.8. The number of rotatable bonds is 5. The largest absolute Gasteiger partial charge is 0.314 e. The minimum absolute atomic E-state index is 0.637. The topological polar surface area (TPSA) is 27.3 Å². The lowest BCUT2D eigenvalue weighted by Gasteiger charge is -2.28. The summed E-state index contributed by atoms with van der Waals surface area (Å²) in [5.74, 6) is 0.734. The third-order valence-electron chi connectivity index (χ3n) is 3.10. The van der Waals surface area contributed by atoms with Gasteiger partial charge < -0.3 is 10.6 Å². The van der Waals surface area contributed by atoms with E-state index in [1.54, 1.807) is 0 Å². The first-order valence-electron chi connectivity index (χ1n) is 5.86. The Bertz CT molecular complexity index is 141. The number of hydrogen-bond acceptors (Lipinski definition) is 3. The summed E-state index contributed by atoms with van der Waals surface area (Å²) in [5.41, 5.74) is 0. The molecule has 0 aromatic heterocycles. The molecule has 1 rings (SSSR count). The molecule has 0 radical (unpaired) electrons. The van der Waals surface area contributed by atoms with E-state index in [0.717, 1.165) is 25.6 Å². The fourth-order valence-electron chi connectivity index (χ4n) is 1.62. The first kappa shape index (κ1) is 12.0. The van der Waals surface area contributed by atoms with Crippen molar-refractivity contribution < 1.29 is 0 Å². The maximum absolute atomic E-state index is 3.57. The van der Waals surface area contributed by atoms with Crippen LogP contribution in [0.5, 0.6) is 0 Å². The molecule has 1 saturated heterocycles. The zero-order chi connectivity index (χ0) is 10.4. The molecule has 0 bridgehead atoms. The van der Waals surface area contributed by atoms with Gasteiger partial charge in [0.15, 0.2) is 0 Å². The van der Waals surface area contributed by atoms with E-state index in [1.165, 1.54) is 19.6 Å². The summed E-state index contributed by atoms with van der Waals surface area (Å²) < 4.78 is 0. The SMILES string of the molecule is CC(C)C(C)NCCN1CCNCC1. The van der Waals surface area contributed by atoms with Gasteiger partial charge in [0.1, 0.15) is 0 Å². The highest BCUT2D eigenvalue weighted by Gasteiger charge is 2.10. The van der Waals surface area contributed by atoms with E-state index in [4.69, 9.17) is 0 Å². The molecule has 1 heterocycles. The van der Waals surface area contributed by atoms with Crippen LogP contribution in [-0.2, 0) is 0 Å². The molecule has 1 unspecified atom stereocenters. The van der Waals surface area contributed by atoms with Crippen molar-refractivity contribution in [1.82, 2.24) is 15.5 Å². The van der Waals surface area contributed by atoms with Crippen LogP contribution in [0.15, 0.2) is 0 Å². The van der Waals surface area contributed by atoms with Gasteiger partial charge in [-0.1, -0.05) is 13.8 Å². The summed E-state index contributed by atoms with van der Waals surface area (Å²) in [5, 5.41) is 6.94. The highest BCUT2D eigenvalue weighted by atomic mass is 15.2. The smallest absolute Gasteiger partial charge is 0.0108 e. The Morgan fingerprint density at radius 1 is 1.21 bits per heavy atom. The molecule has 84 valence electrons. The molecule has 1 atom stereocenters. The first-order chi connectivity index (χ1) is 6.70. The number of piperazine rings is 1. The molecule has 0 aliphatic carbocycles. The van der Waals surface area contributed by atoms with E-state index in [0.29, 0.717) is 6.04 Å². The van der Waals surface area contributed by atoms with Gasteiger partial charge in [-0.3, -0.25) is 4.90 Å². The Kier molecular flexibility index (Phi) is 5.45. The average molecular weight is 199 g/mol. The maximum atomic E-state index is 3.57. The highest BCUT2D eigenvalue weighted by molar-refractivity contribution is 4.70. The quantitative estimate of drug-likeness (QED) is 0.676. The predicted octanol–water partition coefficient (Wildman–Crippen LogP) is 0.526. The Morgan fingerprint density at radius 3 is 2.43 bits per heavy atom. The summed E-state index contributed by atoms with van der Waals surface area (Å²) >= 11 is 0. The number of nitrogens with zero attached hydrogens (tertiary/aromatic N) is 1. The molecule has 0 aromatic rings. The van der Waals surface area contributed by atoms with E-state index in [-0.39, 0.29) is 0 Å². The summed E-state index contributed by atoms with van der Waals surface area (Å²) in [4.78, 5) is 2.52. The van der Waals surface area contributed by atoms with Gasteiger partial charge in [0, 0.05) is 45.3 Å². The Labute approximate surface area is 88.2 Å². The van der Waals surface area contributed by atoms with Gasteiger partial charge >= 0.3 is 0 Å². The molecule has 2 N–H and O–H groups in total. The van der Waals surface area contributed by atoms with E-state index in [2.05, 4.69) is 36.3 Å². The van der Waals surface area contributed by atoms with Gasteiger partial charge in [-0.15, -0.1) is 0 Å². The van der Waals surface area contributed by atoms with E-state index >= 15 is 0 Å². The van der Waals surface area contributed by atoms with Crippen LogP contribution in [0.25, 0.3) is 0 Å². The molecular weight excluding hydrogens is 174 g/mol. The second-order valence-electron chi connectivity index (χ2n) is 4.58. The maximum Gasteiger partial charge on any atom is 0.0108 e. The minimum Gasteiger partial charge on any atom is -0.314 e. The van der Waals surface area contributed by atoms with Crippen molar-refractivity contribution in [3.8, 4) is 0 Å². The van der Waals surface area contributed by atoms with Crippen molar-refractivity contribution in [1.29, 1.82) is 0 Å². The van der Waals surface area contributed by atoms with Gasteiger partial charge in [0.2, 0.25) is 0 Å². The highest BCUT2D eigenvalue weighted by Crippen LogP contribution is 1.99. The molecule has 0 spiro atoms. The van der Waals surface area contributed by atoms with Crippen molar-refractivity contribution in [3.63, 3.8) is 0 Å². The standard InChI is InChI=1S/C11H25N3/c1-10(2)11(3)13-6-9-14-7-4-12-5-8-14/h10-13H,4-9H2,1-3H3. The van der Waals surface area contributed by atoms with Crippen molar-refractivity contribution in [2.24, 2.45) is 5.92 Å². The van der Waals surface area contributed by atoms with Crippen LogP contribution in [0.2, 0.25) is 0 Å². The van der Waals surface area contributed by atoms with E-state index in [9.17, 15) is 0 Å².